The molecule has 0 fully saturated rings. The number of rotatable bonds is 7. The first-order valence-corrected chi connectivity index (χ1v) is 6.72. The van der Waals surface area contributed by atoms with Gasteiger partial charge in [0.15, 0.2) is 11.5 Å². The minimum Gasteiger partial charge on any atom is -0.493 e. The minimum atomic E-state index is 0.639. The second-order valence-electron chi connectivity index (χ2n) is 3.70. The van der Waals surface area contributed by atoms with Gasteiger partial charge in [-0.1, -0.05) is 22.9 Å². The van der Waals surface area contributed by atoms with Crippen LogP contribution in [0.25, 0.3) is 0 Å². The van der Waals surface area contributed by atoms with Crippen LogP contribution >= 0.6 is 15.9 Å². The number of hydrogen-bond donors (Lipinski definition) is 1. The van der Waals surface area contributed by atoms with E-state index >= 15 is 0 Å². The molecule has 0 spiro atoms. The van der Waals surface area contributed by atoms with Crippen LogP contribution in [0.1, 0.15) is 25.8 Å². The first-order chi connectivity index (χ1) is 8.22. The molecule has 0 aliphatic rings. The molecule has 0 saturated carbocycles. The van der Waals surface area contributed by atoms with Gasteiger partial charge in [-0.3, -0.25) is 0 Å². The highest BCUT2D eigenvalue weighted by Crippen LogP contribution is 2.33. The van der Waals surface area contributed by atoms with Gasteiger partial charge in [0.2, 0.25) is 0 Å². The van der Waals surface area contributed by atoms with Crippen molar-refractivity contribution in [3.05, 3.63) is 22.2 Å². The third-order valence-corrected chi connectivity index (χ3v) is 3.11. The summed E-state index contributed by atoms with van der Waals surface area (Å²) < 4.78 is 11.9. The van der Waals surface area contributed by atoms with Gasteiger partial charge in [-0.25, -0.2) is 0 Å². The number of methoxy groups -OCH3 is 1. The average molecular weight is 302 g/mol. The first kappa shape index (κ1) is 14.3. The standard InChI is InChI=1S/C13H20BrNO2/c1-4-6-15-9-10-7-13(17-5-2)12(16-3)8-11(10)14/h7-8,15H,4-6,9H2,1-3H3. The van der Waals surface area contributed by atoms with Crippen molar-refractivity contribution < 1.29 is 9.47 Å². The molecular weight excluding hydrogens is 282 g/mol. The van der Waals surface area contributed by atoms with E-state index < -0.39 is 0 Å². The summed E-state index contributed by atoms with van der Waals surface area (Å²) in [4.78, 5) is 0. The number of ether oxygens (including phenoxy) is 2. The Labute approximate surface area is 112 Å². The number of hydrogen-bond acceptors (Lipinski definition) is 3. The molecule has 0 bridgehead atoms. The summed E-state index contributed by atoms with van der Waals surface area (Å²) in [5, 5.41) is 3.37. The SMILES string of the molecule is CCCNCc1cc(OCC)c(OC)cc1Br. The van der Waals surface area contributed by atoms with Crippen molar-refractivity contribution in [2.45, 2.75) is 26.8 Å². The molecule has 0 aliphatic carbocycles. The van der Waals surface area contributed by atoms with Crippen LogP contribution in [-0.4, -0.2) is 20.3 Å². The predicted octanol–water partition coefficient (Wildman–Crippen LogP) is 3.36. The second kappa shape index (κ2) is 7.56. The predicted molar refractivity (Wildman–Crippen MR) is 73.9 cm³/mol. The lowest BCUT2D eigenvalue weighted by Crippen LogP contribution is -2.14. The van der Waals surface area contributed by atoms with Gasteiger partial charge in [-0.05, 0) is 37.6 Å². The third-order valence-electron chi connectivity index (χ3n) is 2.37. The molecule has 1 aromatic rings. The fourth-order valence-electron chi connectivity index (χ4n) is 1.54. The lowest BCUT2D eigenvalue weighted by molar-refractivity contribution is 0.310. The summed E-state index contributed by atoms with van der Waals surface area (Å²) >= 11 is 3.55. The minimum absolute atomic E-state index is 0.639. The molecule has 1 N–H and O–H groups in total. The van der Waals surface area contributed by atoms with E-state index in [1.807, 2.05) is 19.1 Å². The van der Waals surface area contributed by atoms with Gasteiger partial charge in [0.25, 0.3) is 0 Å². The second-order valence-corrected chi connectivity index (χ2v) is 4.56. The molecule has 17 heavy (non-hydrogen) atoms. The first-order valence-electron chi connectivity index (χ1n) is 5.92. The molecule has 0 heterocycles. The Morgan fingerprint density at radius 2 is 2.00 bits per heavy atom. The van der Waals surface area contributed by atoms with E-state index in [-0.39, 0.29) is 0 Å². The molecule has 96 valence electrons. The van der Waals surface area contributed by atoms with E-state index in [0.29, 0.717) is 6.61 Å². The Morgan fingerprint density at radius 1 is 1.24 bits per heavy atom. The maximum atomic E-state index is 5.56. The zero-order valence-corrected chi connectivity index (χ0v) is 12.3. The Morgan fingerprint density at radius 3 is 2.59 bits per heavy atom. The van der Waals surface area contributed by atoms with E-state index in [1.54, 1.807) is 7.11 Å². The van der Waals surface area contributed by atoms with Gasteiger partial charge >= 0.3 is 0 Å². The van der Waals surface area contributed by atoms with Crippen LogP contribution in [0.15, 0.2) is 16.6 Å². The van der Waals surface area contributed by atoms with E-state index in [2.05, 4.69) is 28.2 Å². The molecule has 0 aliphatic heterocycles. The van der Waals surface area contributed by atoms with Crippen molar-refractivity contribution in [1.29, 1.82) is 0 Å². The van der Waals surface area contributed by atoms with Gasteiger partial charge in [0, 0.05) is 11.0 Å². The molecule has 0 saturated heterocycles. The molecular formula is C13H20BrNO2. The normalized spacial score (nSPS) is 10.4. The van der Waals surface area contributed by atoms with Crippen LogP contribution in [0.4, 0.5) is 0 Å². The van der Waals surface area contributed by atoms with Crippen molar-refractivity contribution in [3.63, 3.8) is 0 Å². The van der Waals surface area contributed by atoms with Crippen LogP contribution in [0.3, 0.4) is 0 Å². The van der Waals surface area contributed by atoms with Gasteiger partial charge in [0.1, 0.15) is 0 Å². The van der Waals surface area contributed by atoms with Crippen LogP contribution in [0, 0.1) is 0 Å². The van der Waals surface area contributed by atoms with Crippen molar-refractivity contribution in [2.75, 3.05) is 20.3 Å². The summed E-state index contributed by atoms with van der Waals surface area (Å²) in [6, 6.07) is 3.98. The van der Waals surface area contributed by atoms with Gasteiger partial charge in [-0.2, -0.15) is 0 Å². The number of halogens is 1. The Kier molecular flexibility index (Phi) is 6.37. The van der Waals surface area contributed by atoms with Crippen LogP contribution < -0.4 is 14.8 Å². The topological polar surface area (TPSA) is 30.5 Å². The monoisotopic (exact) mass is 301 g/mol. The van der Waals surface area contributed by atoms with Gasteiger partial charge in [-0.15, -0.1) is 0 Å². The molecule has 1 aromatic carbocycles. The van der Waals surface area contributed by atoms with Crippen molar-refractivity contribution >= 4 is 15.9 Å². The lowest BCUT2D eigenvalue weighted by atomic mass is 10.2. The molecule has 0 amide bonds. The summed E-state index contributed by atoms with van der Waals surface area (Å²) in [6.45, 7) is 6.61. The largest absolute Gasteiger partial charge is 0.493 e. The number of nitrogens with one attached hydrogen (secondary N) is 1. The summed E-state index contributed by atoms with van der Waals surface area (Å²) in [7, 11) is 1.65. The zero-order chi connectivity index (χ0) is 12.7. The van der Waals surface area contributed by atoms with Crippen LogP contribution in [0.2, 0.25) is 0 Å². The van der Waals surface area contributed by atoms with Crippen molar-refractivity contribution in [2.24, 2.45) is 0 Å². The average Bonchev–Trinajstić information content (AvgIpc) is 2.33. The molecule has 0 unspecified atom stereocenters. The van der Waals surface area contributed by atoms with Crippen LogP contribution in [0.5, 0.6) is 11.5 Å². The maximum absolute atomic E-state index is 5.56. The summed E-state index contributed by atoms with van der Waals surface area (Å²) in [5.41, 5.74) is 1.18. The van der Waals surface area contributed by atoms with E-state index in [1.165, 1.54) is 5.56 Å². The Balaban J connectivity index is 2.85. The molecule has 1 rings (SSSR count). The molecule has 0 aromatic heterocycles. The van der Waals surface area contributed by atoms with Crippen LogP contribution in [-0.2, 0) is 6.54 Å². The lowest BCUT2D eigenvalue weighted by Gasteiger charge is -2.13. The smallest absolute Gasteiger partial charge is 0.161 e. The number of benzene rings is 1. The quantitative estimate of drug-likeness (QED) is 0.784. The highest BCUT2D eigenvalue weighted by Gasteiger charge is 2.09. The van der Waals surface area contributed by atoms with Crippen molar-refractivity contribution in [3.8, 4) is 11.5 Å². The zero-order valence-electron chi connectivity index (χ0n) is 10.7. The molecule has 0 radical (unpaired) electrons. The maximum Gasteiger partial charge on any atom is 0.161 e. The van der Waals surface area contributed by atoms with Gasteiger partial charge < -0.3 is 14.8 Å². The highest BCUT2D eigenvalue weighted by molar-refractivity contribution is 9.10. The van der Waals surface area contributed by atoms with Gasteiger partial charge in [0.05, 0.1) is 13.7 Å². The third kappa shape index (κ3) is 4.21. The Bertz CT molecular complexity index is 356. The fourth-order valence-corrected chi connectivity index (χ4v) is 2.00. The Hall–Kier alpha value is -0.740. The summed E-state index contributed by atoms with van der Waals surface area (Å²) in [6.07, 6.45) is 1.13. The highest BCUT2D eigenvalue weighted by atomic mass is 79.9. The van der Waals surface area contributed by atoms with E-state index in [9.17, 15) is 0 Å². The molecule has 4 heteroatoms. The molecule has 3 nitrogen and oxygen atoms in total. The van der Waals surface area contributed by atoms with E-state index in [0.717, 1.165) is 35.5 Å². The summed E-state index contributed by atoms with van der Waals surface area (Å²) in [5.74, 6) is 1.56. The van der Waals surface area contributed by atoms with E-state index in [4.69, 9.17) is 9.47 Å². The fraction of sp³-hybridized carbons (Fsp3) is 0.538. The molecule has 0 atom stereocenters. The van der Waals surface area contributed by atoms with Crippen molar-refractivity contribution in [1.82, 2.24) is 5.32 Å².